The van der Waals surface area contributed by atoms with Gasteiger partial charge in [-0.1, -0.05) is 19.1 Å². The fourth-order valence-electron chi connectivity index (χ4n) is 2.83. The summed E-state index contributed by atoms with van der Waals surface area (Å²) in [5.74, 6) is 1.05. The molecular formula is C21H26N6OS. The Hall–Kier alpha value is -3.13. The van der Waals surface area contributed by atoms with Crippen molar-refractivity contribution >= 4 is 28.9 Å². The minimum atomic E-state index is -0.112. The largest absolute Gasteiger partial charge is 0.356 e. The third-order valence-corrected chi connectivity index (χ3v) is 5.15. The standard InChI is InChI=1S/C21H26N6OS/c1-16(18-7-10-29-15-18)12-23-21(22-2)24-13-17-5-3-6-19(11-17)26-20(28)14-27-9-4-8-25-27/h3-11,15-16H,12-14H2,1-2H3,(H,26,28)(H2,22,23,24). The molecule has 152 valence electrons. The van der Waals surface area contributed by atoms with Crippen molar-refractivity contribution in [3.8, 4) is 0 Å². The number of rotatable bonds is 8. The van der Waals surface area contributed by atoms with Crippen molar-refractivity contribution in [3.05, 3.63) is 70.7 Å². The number of thiophene rings is 1. The molecule has 0 aliphatic carbocycles. The van der Waals surface area contributed by atoms with Gasteiger partial charge in [-0.25, -0.2) is 0 Å². The number of nitrogens with one attached hydrogen (secondary N) is 3. The Morgan fingerprint density at radius 2 is 2.17 bits per heavy atom. The lowest BCUT2D eigenvalue weighted by molar-refractivity contribution is -0.116. The molecular weight excluding hydrogens is 384 g/mol. The number of amides is 1. The number of carbonyl (C=O) groups excluding carboxylic acids is 1. The Bertz CT molecular complexity index is 921. The first kappa shape index (κ1) is 20.6. The van der Waals surface area contributed by atoms with Crippen LogP contribution < -0.4 is 16.0 Å². The normalized spacial score (nSPS) is 12.4. The zero-order valence-corrected chi connectivity index (χ0v) is 17.4. The van der Waals surface area contributed by atoms with Crippen LogP contribution in [-0.2, 0) is 17.9 Å². The summed E-state index contributed by atoms with van der Waals surface area (Å²) in [6, 6.07) is 11.7. The highest BCUT2D eigenvalue weighted by molar-refractivity contribution is 7.07. The molecule has 0 bridgehead atoms. The van der Waals surface area contributed by atoms with Gasteiger partial charge in [0.1, 0.15) is 6.54 Å². The lowest BCUT2D eigenvalue weighted by Gasteiger charge is -2.16. The number of nitrogens with zero attached hydrogens (tertiary/aromatic N) is 3. The highest BCUT2D eigenvalue weighted by atomic mass is 32.1. The molecule has 1 amide bonds. The van der Waals surface area contributed by atoms with E-state index in [0.29, 0.717) is 12.5 Å². The van der Waals surface area contributed by atoms with Crippen LogP contribution in [0.1, 0.15) is 24.0 Å². The zero-order chi connectivity index (χ0) is 20.5. The molecule has 7 nitrogen and oxygen atoms in total. The van der Waals surface area contributed by atoms with Crippen molar-refractivity contribution in [2.75, 3.05) is 18.9 Å². The first-order valence-electron chi connectivity index (χ1n) is 9.47. The molecule has 29 heavy (non-hydrogen) atoms. The Morgan fingerprint density at radius 3 is 2.90 bits per heavy atom. The number of benzene rings is 1. The summed E-state index contributed by atoms with van der Waals surface area (Å²) in [6.07, 6.45) is 3.42. The van der Waals surface area contributed by atoms with Crippen LogP contribution in [0.4, 0.5) is 5.69 Å². The molecule has 0 aliphatic rings. The molecule has 0 fully saturated rings. The number of carbonyl (C=O) groups is 1. The first-order chi connectivity index (χ1) is 14.1. The van der Waals surface area contributed by atoms with Crippen LogP contribution >= 0.6 is 11.3 Å². The summed E-state index contributed by atoms with van der Waals surface area (Å²) < 4.78 is 1.59. The first-order valence-corrected chi connectivity index (χ1v) is 10.4. The highest BCUT2D eigenvalue weighted by Crippen LogP contribution is 2.17. The van der Waals surface area contributed by atoms with Crippen LogP contribution in [-0.4, -0.2) is 35.2 Å². The molecule has 1 unspecified atom stereocenters. The van der Waals surface area contributed by atoms with E-state index in [-0.39, 0.29) is 12.5 Å². The van der Waals surface area contributed by atoms with Gasteiger partial charge >= 0.3 is 0 Å². The fraction of sp³-hybridized carbons (Fsp3) is 0.286. The van der Waals surface area contributed by atoms with Crippen molar-refractivity contribution in [1.82, 2.24) is 20.4 Å². The molecule has 2 heterocycles. The van der Waals surface area contributed by atoms with Crippen molar-refractivity contribution < 1.29 is 4.79 Å². The van der Waals surface area contributed by atoms with Gasteiger partial charge in [-0.2, -0.15) is 16.4 Å². The smallest absolute Gasteiger partial charge is 0.246 e. The van der Waals surface area contributed by atoms with E-state index in [1.54, 1.807) is 41.5 Å². The number of hydrogen-bond donors (Lipinski definition) is 3. The van der Waals surface area contributed by atoms with Crippen LogP contribution in [0.15, 0.2) is 64.5 Å². The summed E-state index contributed by atoms with van der Waals surface area (Å²) >= 11 is 1.71. The zero-order valence-electron chi connectivity index (χ0n) is 16.6. The Labute approximate surface area is 174 Å². The molecule has 3 N–H and O–H groups in total. The molecule has 8 heteroatoms. The van der Waals surface area contributed by atoms with E-state index in [0.717, 1.165) is 23.8 Å². The summed E-state index contributed by atoms with van der Waals surface area (Å²) in [4.78, 5) is 16.4. The van der Waals surface area contributed by atoms with Gasteiger partial charge in [0.25, 0.3) is 0 Å². The lowest BCUT2D eigenvalue weighted by Crippen LogP contribution is -2.38. The SMILES string of the molecule is CN=C(NCc1cccc(NC(=O)Cn2cccn2)c1)NCC(C)c1ccsc1. The predicted molar refractivity (Wildman–Crippen MR) is 118 cm³/mol. The summed E-state index contributed by atoms with van der Waals surface area (Å²) in [7, 11) is 1.76. The minimum absolute atomic E-state index is 0.112. The minimum Gasteiger partial charge on any atom is -0.356 e. The van der Waals surface area contributed by atoms with E-state index in [2.05, 4.69) is 49.8 Å². The average Bonchev–Trinajstić information content (AvgIpc) is 3.42. The van der Waals surface area contributed by atoms with E-state index < -0.39 is 0 Å². The molecule has 3 aromatic rings. The number of aromatic nitrogens is 2. The van der Waals surface area contributed by atoms with E-state index in [9.17, 15) is 4.79 Å². The van der Waals surface area contributed by atoms with Crippen LogP contribution in [0.5, 0.6) is 0 Å². The van der Waals surface area contributed by atoms with Gasteiger partial charge in [-0.15, -0.1) is 0 Å². The Balaban J connectivity index is 1.48. The average molecular weight is 411 g/mol. The quantitative estimate of drug-likeness (QED) is 0.394. The Kier molecular flexibility index (Phi) is 7.40. The number of aliphatic imine (C=N–C) groups is 1. The highest BCUT2D eigenvalue weighted by Gasteiger charge is 2.08. The fourth-order valence-corrected chi connectivity index (χ4v) is 3.61. The third kappa shape index (κ3) is 6.46. The van der Waals surface area contributed by atoms with Gasteiger partial charge in [-0.3, -0.25) is 14.5 Å². The molecule has 0 saturated carbocycles. The van der Waals surface area contributed by atoms with E-state index in [1.165, 1.54) is 5.56 Å². The summed E-state index contributed by atoms with van der Waals surface area (Å²) in [5, 5.41) is 17.9. The van der Waals surface area contributed by atoms with Gasteiger partial charge in [0.05, 0.1) is 0 Å². The molecule has 3 rings (SSSR count). The predicted octanol–water partition coefficient (Wildman–Crippen LogP) is 3.05. The molecule has 2 aromatic heterocycles. The van der Waals surface area contributed by atoms with E-state index in [1.807, 2.05) is 24.3 Å². The summed E-state index contributed by atoms with van der Waals surface area (Å²) in [6.45, 7) is 3.79. The van der Waals surface area contributed by atoms with Gasteiger partial charge < -0.3 is 16.0 Å². The molecule has 1 aromatic carbocycles. The van der Waals surface area contributed by atoms with Gasteiger partial charge in [0.15, 0.2) is 5.96 Å². The molecule has 0 saturated heterocycles. The van der Waals surface area contributed by atoms with Crippen LogP contribution in [0, 0.1) is 0 Å². The topological polar surface area (TPSA) is 83.3 Å². The second-order valence-electron chi connectivity index (χ2n) is 6.72. The maximum atomic E-state index is 12.1. The number of hydrogen-bond acceptors (Lipinski definition) is 4. The van der Waals surface area contributed by atoms with E-state index in [4.69, 9.17) is 0 Å². The van der Waals surface area contributed by atoms with E-state index >= 15 is 0 Å². The second kappa shape index (κ2) is 10.4. The van der Waals surface area contributed by atoms with Gasteiger partial charge in [0, 0.05) is 38.2 Å². The summed E-state index contributed by atoms with van der Waals surface area (Å²) in [5.41, 5.74) is 3.14. The third-order valence-electron chi connectivity index (χ3n) is 4.45. The molecule has 0 aliphatic heterocycles. The Morgan fingerprint density at radius 1 is 1.28 bits per heavy atom. The lowest BCUT2D eigenvalue weighted by atomic mass is 10.1. The second-order valence-corrected chi connectivity index (χ2v) is 7.50. The monoisotopic (exact) mass is 410 g/mol. The van der Waals surface area contributed by atoms with Gasteiger partial charge in [-0.05, 0) is 52.1 Å². The molecule has 0 spiro atoms. The number of anilines is 1. The van der Waals surface area contributed by atoms with Crippen LogP contribution in [0.3, 0.4) is 0 Å². The van der Waals surface area contributed by atoms with Crippen LogP contribution in [0.2, 0.25) is 0 Å². The maximum Gasteiger partial charge on any atom is 0.246 e. The van der Waals surface area contributed by atoms with Gasteiger partial charge in [0.2, 0.25) is 5.91 Å². The van der Waals surface area contributed by atoms with Crippen molar-refractivity contribution in [1.29, 1.82) is 0 Å². The molecule has 1 atom stereocenters. The van der Waals surface area contributed by atoms with Crippen molar-refractivity contribution in [2.24, 2.45) is 4.99 Å². The number of guanidine groups is 1. The van der Waals surface area contributed by atoms with Crippen molar-refractivity contribution in [3.63, 3.8) is 0 Å². The van der Waals surface area contributed by atoms with Crippen molar-refractivity contribution in [2.45, 2.75) is 25.9 Å². The molecule has 0 radical (unpaired) electrons. The van der Waals surface area contributed by atoms with Crippen LogP contribution in [0.25, 0.3) is 0 Å². The maximum absolute atomic E-state index is 12.1.